The number of aromatic amines is 1. The number of likely N-dealkylation sites (tertiary alicyclic amines) is 1. The van der Waals surface area contributed by atoms with Crippen molar-refractivity contribution >= 4 is 26.6 Å². The van der Waals surface area contributed by atoms with Crippen molar-refractivity contribution in [3.05, 3.63) is 48.5 Å². The minimum Gasteiger partial charge on any atom is -0.383 e. The van der Waals surface area contributed by atoms with Gasteiger partial charge in [0.15, 0.2) is 0 Å². The van der Waals surface area contributed by atoms with Gasteiger partial charge in [-0.3, -0.25) is 4.90 Å². The molecule has 1 aromatic heterocycles. The van der Waals surface area contributed by atoms with Gasteiger partial charge in [0.2, 0.25) is 10.0 Å². The molecule has 4 heterocycles. The number of benzene rings is 2. The number of methoxy groups -OCH3 is 1. The highest BCUT2D eigenvalue weighted by molar-refractivity contribution is 7.89. The largest absolute Gasteiger partial charge is 0.383 e. The number of ether oxygens (including phenoxy) is 1. The Morgan fingerprint density at radius 2 is 1.82 bits per heavy atom. The lowest BCUT2D eigenvalue weighted by molar-refractivity contribution is -0.0785. The maximum absolute atomic E-state index is 13.8. The van der Waals surface area contributed by atoms with Gasteiger partial charge in [-0.1, -0.05) is 18.2 Å². The molecule has 3 aliphatic rings. The van der Waals surface area contributed by atoms with Crippen molar-refractivity contribution in [2.75, 3.05) is 57.9 Å². The molecule has 0 unspecified atom stereocenters. The molecule has 34 heavy (non-hydrogen) atoms. The molecular weight excluding hydrogens is 448 g/mol. The molecule has 0 saturated carbocycles. The summed E-state index contributed by atoms with van der Waals surface area (Å²) in [5.41, 5.74) is 3.85. The van der Waals surface area contributed by atoms with Gasteiger partial charge in [0.25, 0.3) is 0 Å². The molecule has 0 bridgehead atoms. The van der Waals surface area contributed by atoms with Crippen molar-refractivity contribution in [2.45, 2.75) is 29.7 Å². The van der Waals surface area contributed by atoms with Gasteiger partial charge in [-0.15, -0.1) is 0 Å². The Bertz CT molecular complexity index is 1270. The number of aromatic nitrogens is 1. The fraction of sp³-hybridized carbons (Fsp3) is 0.462. The molecule has 3 aromatic rings. The highest BCUT2D eigenvalue weighted by Crippen LogP contribution is 2.44. The molecule has 3 aliphatic heterocycles. The van der Waals surface area contributed by atoms with E-state index in [9.17, 15) is 8.42 Å². The van der Waals surface area contributed by atoms with Gasteiger partial charge in [0.1, 0.15) is 0 Å². The van der Waals surface area contributed by atoms with E-state index < -0.39 is 10.0 Å². The van der Waals surface area contributed by atoms with Gasteiger partial charge in [0.05, 0.1) is 17.0 Å². The lowest BCUT2D eigenvalue weighted by atomic mass is 9.80. The van der Waals surface area contributed by atoms with E-state index in [2.05, 4.69) is 33.0 Å². The molecular formula is C26H32N4O3S. The summed E-state index contributed by atoms with van der Waals surface area (Å²) in [6.07, 6.45) is 3.26. The van der Waals surface area contributed by atoms with Crippen molar-refractivity contribution in [2.24, 2.45) is 0 Å². The van der Waals surface area contributed by atoms with Crippen molar-refractivity contribution in [1.82, 2.24) is 14.2 Å². The van der Waals surface area contributed by atoms with Crippen LogP contribution in [0.1, 0.15) is 19.3 Å². The Kier molecular flexibility index (Phi) is 5.44. The summed E-state index contributed by atoms with van der Waals surface area (Å²) in [4.78, 5) is 8.56. The van der Waals surface area contributed by atoms with E-state index in [1.54, 1.807) is 11.4 Å². The van der Waals surface area contributed by atoms with E-state index in [1.807, 2.05) is 30.3 Å². The highest BCUT2D eigenvalue weighted by Gasteiger charge is 2.57. The molecule has 7 nitrogen and oxygen atoms in total. The quantitative estimate of drug-likeness (QED) is 0.560. The molecule has 6 rings (SSSR count). The van der Waals surface area contributed by atoms with E-state index in [4.69, 9.17) is 4.74 Å². The molecule has 0 atom stereocenters. The maximum atomic E-state index is 13.8. The third kappa shape index (κ3) is 3.55. The molecule has 0 radical (unpaired) electrons. The van der Waals surface area contributed by atoms with E-state index in [0.29, 0.717) is 18.0 Å². The topological polar surface area (TPSA) is 68.9 Å². The fourth-order valence-electron chi connectivity index (χ4n) is 5.85. The van der Waals surface area contributed by atoms with Crippen LogP contribution in [0.5, 0.6) is 0 Å². The summed E-state index contributed by atoms with van der Waals surface area (Å²) >= 11 is 0. The predicted octanol–water partition coefficient (Wildman–Crippen LogP) is 3.53. The van der Waals surface area contributed by atoms with Crippen molar-refractivity contribution in [3.8, 4) is 11.3 Å². The minimum absolute atomic E-state index is 0.249. The Balaban J connectivity index is 1.35. The number of hydrogen-bond acceptors (Lipinski definition) is 5. The van der Waals surface area contributed by atoms with Crippen molar-refractivity contribution in [1.29, 1.82) is 0 Å². The van der Waals surface area contributed by atoms with Gasteiger partial charge in [-0.2, -0.15) is 4.31 Å². The summed E-state index contributed by atoms with van der Waals surface area (Å²) in [6.45, 7) is 5.70. The maximum Gasteiger partial charge on any atom is 0.243 e. The zero-order valence-electron chi connectivity index (χ0n) is 19.7. The Morgan fingerprint density at radius 1 is 1.03 bits per heavy atom. The number of sulfonamides is 1. The van der Waals surface area contributed by atoms with E-state index >= 15 is 0 Å². The van der Waals surface area contributed by atoms with Crippen LogP contribution >= 0.6 is 0 Å². The molecule has 1 spiro atoms. The molecule has 3 fully saturated rings. The molecule has 0 amide bonds. The number of anilines is 1. The van der Waals surface area contributed by atoms with Crippen LogP contribution in [0.2, 0.25) is 0 Å². The van der Waals surface area contributed by atoms with E-state index in [-0.39, 0.29) is 5.54 Å². The lowest BCUT2D eigenvalue weighted by Gasteiger charge is -2.61. The van der Waals surface area contributed by atoms with Crippen molar-refractivity contribution < 1.29 is 13.2 Å². The zero-order chi connectivity index (χ0) is 23.3. The minimum atomic E-state index is -3.57. The number of hydrogen-bond donors (Lipinski definition) is 1. The van der Waals surface area contributed by atoms with Gasteiger partial charge in [-0.25, -0.2) is 8.42 Å². The molecule has 2 aromatic carbocycles. The molecule has 3 saturated heterocycles. The summed E-state index contributed by atoms with van der Waals surface area (Å²) in [7, 11) is -1.87. The normalized spacial score (nSPS) is 20.7. The van der Waals surface area contributed by atoms with Gasteiger partial charge in [0, 0.05) is 74.2 Å². The van der Waals surface area contributed by atoms with Crippen LogP contribution in [-0.2, 0) is 14.8 Å². The Morgan fingerprint density at radius 3 is 2.53 bits per heavy atom. The Hall–Kier alpha value is -2.39. The summed E-state index contributed by atoms with van der Waals surface area (Å²) in [6, 6.07) is 16.0. The number of fused-ring (bicyclic) bond motifs is 1. The van der Waals surface area contributed by atoms with Crippen LogP contribution in [0.3, 0.4) is 0 Å². The van der Waals surface area contributed by atoms with E-state index in [1.165, 1.54) is 12.8 Å². The SMILES string of the molecule is COCCN1CC2(CCN2S(=O)(=O)c2ccc(N3CCCC3)c(-c3cc4ccccc4[nH]3)c2)C1. The Labute approximate surface area is 201 Å². The first-order chi connectivity index (χ1) is 16.5. The standard InChI is InChI=1S/C26H32N4O3S/c1-33-15-14-28-18-26(19-28)10-13-30(26)34(31,32)21-8-9-25(29-11-4-5-12-29)22(17-21)24-16-20-6-2-3-7-23(20)27-24/h2-3,6-9,16-17,27H,4-5,10-15,18-19H2,1H3. The molecule has 8 heteroatoms. The summed E-state index contributed by atoms with van der Waals surface area (Å²) in [5, 5.41) is 1.13. The van der Waals surface area contributed by atoms with E-state index in [0.717, 1.165) is 67.0 Å². The summed E-state index contributed by atoms with van der Waals surface area (Å²) < 4.78 is 34.5. The number of para-hydroxylation sites is 1. The van der Waals surface area contributed by atoms with Gasteiger partial charge < -0.3 is 14.6 Å². The monoisotopic (exact) mass is 480 g/mol. The van der Waals surface area contributed by atoms with Crippen LogP contribution in [0.25, 0.3) is 22.2 Å². The summed E-state index contributed by atoms with van der Waals surface area (Å²) in [5.74, 6) is 0. The lowest BCUT2D eigenvalue weighted by Crippen LogP contribution is -2.77. The first-order valence-corrected chi connectivity index (χ1v) is 13.7. The third-order valence-electron chi connectivity index (χ3n) is 7.78. The highest BCUT2D eigenvalue weighted by atomic mass is 32.2. The van der Waals surface area contributed by atoms with Crippen LogP contribution in [-0.4, -0.2) is 81.1 Å². The molecule has 1 N–H and O–H groups in total. The van der Waals surface area contributed by atoms with Gasteiger partial charge >= 0.3 is 0 Å². The zero-order valence-corrected chi connectivity index (χ0v) is 20.5. The smallest absolute Gasteiger partial charge is 0.243 e. The number of H-pyrrole nitrogens is 1. The number of rotatable bonds is 7. The average Bonchev–Trinajstić information content (AvgIpc) is 3.47. The third-order valence-corrected chi connectivity index (χ3v) is 9.78. The predicted molar refractivity (Wildman–Crippen MR) is 135 cm³/mol. The average molecular weight is 481 g/mol. The molecule has 180 valence electrons. The second-order valence-corrected chi connectivity index (χ2v) is 11.8. The number of nitrogens with one attached hydrogen (secondary N) is 1. The number of nitrogens with zero attached hydrogens (tertiary/aromatic N) is 3. The first-order valence-electron chi connectivity index (χ1n) is 12.2. The van der Waals surface area contributed by atoms with Crippen LogP contribution in [0, 0.1) is 0 Å². The van der Waals surface area contributed by atoms with Gasteiger partial charge in [-0.05, 0) is 49.6 Å². The van der Waals surface area contributed by atoms with Crippen molar-refractivity contribution in [3.63, 3.8) is 0 Å². The second kappa shape index (κ2) is 8.37. The molecule has 0 aliphatic carbocycles. The van der Waals surface area contributed by atoms with Crippen LogP contribution in [0.4, 0.5) is 5.69 Å². The second-order valence-electron chi connectivity index (χ2n) is 9.90. The van der Waals surface area contributed by atoms with Crippen LogP contribution in [0.15, 0.2) is 53.4 Å². The van der Waals surface area contributed by atoms with Crippen LogP contribution < -0.4 is 4.90 Å². The first kappa shape index (κ1) is 22.1. The fourth-order valence-corrected chi connectivity index (χ4v) is 7.66.